The molecule has 0 heterocycles. The van der Waals surface area contributed by atoms with Crippen LogP contribution in [0.2, 0.25) is 0 Å². The number of anilines is 2. The van der Waals surface area contributed by atoms with Crippen LogP contribution in [0.5, 0.6) is 0 Å². The van der Waals surface area contributed by atoms with E-state index < -0.39 is 35.7 Å². The number of amides is 1. The molecule has 1 rings (SSSR count). The SMILES string of the molecule is Nc1cc(F)cc(NC(=O)C(C(F)(F)F)C(F)(F)F)c1. The number of alkyl halides is 6. The first-order chi connectivity index (χ1) is 8.91. The lowest BCUT2D eigenvalue weighted by Crippen LogP contribution is -2.45. The number of rotatable bonds is 2. The van der Waals surface area contributed by atoms with E-state index in [4.69, 9.17) is 5.73 Å². The van der Waals surface area contributed by atoms with Gasteiger partial charge >= 0.3 is 12.4 Å². The van der Waals surface area contributed by atoms with Gasteiger partial charge in [0, 0.05) is 11.4 Å². The van der Waals surface area contributed by atoms with Crippen molar-refractivity contribution in [3.8, 4) is 0 Å². The standard InChI is InChI=1S/C10H7F7N2O/c11-4-1-5(18)3-6(2-4)19-8(20)7(9(12,13)14)10(15,16)17/h1-3,7H,18H2,(H,19,20). The predicted molar refractivity (Wildman–Crippen MR) is 55.0 cm³/mol. The summed E-state index contributed by atoms with van der Waals surface area (Å²) in [4.78, 5) is 11.1. The fourth-order valence-corrected chi connectivity index (χ4v) is 1.38. The fourth-order valence-electron chi connectivity index (χ4n) is 1.38. The van der Waals surface area contributed by atoms with E-state index in [9.17, 15) is 35.5 Å². The molecule has 1 aromatic carbocycles. The van der Waals surface area contributed by atoms with Crippen molar-refractivity contribution in [3.63, 3.8) is 0 Å². The molecule has 0 aliphatic heterocycles. The highest BCUT2D eigenvalue weighted by molar-refractivity contribution is 5.94. The van der Waals surface area contributed by atoms with Crippen molar-refractivity contribution >= 4 is 17.3 Å². The summed E-state index contributed by atoms with van der Waals surface area (Å²) in [6, 6.07) is 2.14. The zero-order valence-corrected chi connectivity index (χ0v) is 9.44. The number of hydrogen-bond donors (Lipinski definition) is 2. The molecule has 0 saturated carbocycles. The molecule has 112 valence electrons. The molecule has 1 aromatic rings. The van der Waals surface area contributed by atoms with Crippen molar-refractivity contribution in [2.75, 3.05) is 11.1 Å². The first-order valence-electron chi connectivity index (χ1n) is 4.91. The number of carbonyl (C=O) groups is 1. The van der Waals surface area contributed by atoms with Crippen LogP contribution in [-0.2, 0) is 4.79 Å². The fraction of sp³-hybridized carbons (Fsp3) is 0.300. The molecule has 1 amide bonds. The molecular weight excluding hydrogens is 297 g/mol. The van der Waals surface area contributed by atoms with Crippen LogP contribution in [0.4, 0.5) is 42.1 Å². The summed E-state index contributed by atoms with van der Waals surface area (Å²) >= 11 is 0. The van der Waals surface area contributed by atoms with E-state index in [2.05, 4.69) is 0 Å². The maximum Gasteiger partial charge on any atom is 0.409 e. The molecular formula is C10H7F7N2O. The molecule has 0 saturated heterocycles. The number of hydrogen-bond acceptors (Lipinski definition) is 2. The van der Waals surface area contributed by atoms with Crippen molar-refractivity contribution < 1.29 is 35.5 Å². The first-order valence-corrected chi connectivity index (χ1v) is 4.91. The van der Waals surface area contributed by atoms with Gasteiger partial charge in [0.25, 0.3) is 0 Å². The molecule has 3 nitrogen and oxygen atoms in total. The Bertz CT molecular complexity index is 475. The second-order valence-electron chi connectivity index (χ2n) is 3.78. The Kier molecular flexibility index (Phi) is 4.15. The van der Waals surface area contributed by atoms with E-state index >= 15 is 0 Å². The number of halogens is 7. The van der Waals surface area contributed by atoms with Gasteiger partial charge in [0.15, 0.2) is 0 Å². The minimum Gasteiger partial charge on any atom is -0.399 e. The summed E-state index contributed by atoms with van der Waals surface area (Å²) in [5, 5.41) is 1.34. The van der Waals surface area contributed by atoms with Crippen LogP contribution in [0.3, 0.4) is 0 Å². The molecule has 0 radical (unpaired) electrons. The third-order valence-electron chi connectivity index (χ3n) is 2.10. The molecule has 0 spiro atoms. The van der Waals surface area contributed by atoms with Gasteiger partial charge in [0.05, 0.1) is 0 Å². The Balaban J connectivity index is 3.03. The molecule has 0 aromatic heterocycles. The van der Waals surface area contributed by atoms with Gasteiger partial charge in [-0.15, -0.1) is 0 Å². The largest absolute Gasteiger partial charge is 0.409 e. The van der Waals surface area contributed by atoms with Gasteiger partial charge in [0.2, 0.25) is 11.8 Å². The van der Waals surface area contributed by atoms with E-state index in [0.717, 1.165) is 12.1 Å². The van der Waals surface area contributed by atoms with Gasteiger partial charge < -0.3 is 11.1 Å². The van der Waals surface area contributed by atoms with Crippen LogP contribution < -0.4 is 11.1 Å². The quantitative estimate of drug-likeness (QED) is 0.651. The zero-order valence-electron chi connectivity index (χ0n) is 9.44. The van der Waals surface area contributed by atoms with Crippen LogP contribution in [0, 0.1) is 11.7 Å². The molecule has 0 fully saturated rings. The topological polar surface area (TPSA) is 55.1 Å². The molecule has 0 aliphatic carbocycles. The van der Waals surface area contributed by atoms with Gasteiger partial charge in [-0.2, -0.15) is 26.3 Å². The van der Waals surface area contributed by atoms with Crippen molar-refractivity contribution in [3.05, 3.63) is 24.0 Å². The Morgan fingerprint density at radius 1 is 1.05 bits per heavy atom. The van der Waals surface area contributed by atoms with Gasteiger partial charge in [-0.05, 0) is 18.2 Å². The maximum absolute atomic E-state index is 12.9. The lowest BCUT2D eigenvalue weighted by Gasteiger charge is -2.22. The predicted octanol–water partition coefficient (Wildman–Crippen LogP) is 3.09. The zero-order chi connectivity index (χ0) is 15.7. The van der Waals surface area contributed by atoms with Crippen molar-refractivity contribution in [1.29, 1.82) is 0 Å². The molecule has 0 bridgehead atoms. The van der Waals surface area contributed by atoms with Gasteiger partial charge in [-0.3, -0.25) is 4.79 Å². The first kappa shape index (κ1) is 16.1. The Hall–Kier alpha value is -2.00. The van der Waals surface area contributed by atoms with Gasteiger partial charge in [-0.1, -0.05) is 0 Å². The lowest BCUT2D eigenvalue weighted by atomic mass is 10.1. The van der Waals surface area contributed by atoms with Crippen molar-refractivity contribution in [2.45, 2.75) is 12.4 Å². The summed E-state index contributed by atoms with van der Waals surface area (Å²) in [6.45, 7) is 0. The van der Waals surface area contributed by atoms with Crippen LogP contribution in [0.25, 0.3) is 0 Å². The van der Waals surface area contributed by atoms with E-state index in [1.54, 1.807) is 0 Å². The minimum atomic E-state index is -5.82. The molecule has 0 atom stereocenters. The summed E-state index contributed by atoms with van der Waals surface area (Å²) < 4.78 is 86.4. The highest BCUT2D eigenvalue weighted by Gasteiger charge is 2.61. The summed E-state index contributed by atoms with van der Waals surface area (Å²) in [6.07, 6.45) is -11.6. The molecule has 20 heavy (non-hydrogen) atoms. The highest BCUT2D eigenvalue weighted by Crippen LogP contribution is 2.39. The van der Waals surface area contributed by atoms with Crippen LogP contribution in [0.1, 0.15) is 0 Å². The second kappa shape index (κ2) is 5.17. The number of carbonyl (C=O) groups excluding carboxylic acids is 1. The highest BCUT2D eigenvalue weighted by atomic mass is 19.4. The summed E-state index contributed by atoms with van der Waals surface area (Å²) in [7, 11) is 0. The molecule has 10 heteroatoms. The van der Waals surface area contributed by atoms with E-state index in [1.165, 1.54) is 5.32 Å². The smallest absolute Gasteiger partial charge is 0.399 e. The van der Waals surface area contributed by atoms with Gasteiger partial charge in [0.1, 0.15) is 5.82 Å². The Labute approximate surface area is 107 Å². The minimum absolute atomic E-state index is 0.268. The average molecular weight is 304 g/mol. The van der Waals surface area contributed by atoms with Crippen LogP contribution in [0.15, 0.2) is 18.2 Å². The summed E-state index contributed by atoms with van der Waals surface area (Å²) in [5.41, 5.74) is 4.27. The Morgan fingerprint density at radius 2 is 1.55 bits per heavy atom. The normalized spacial score (nSPS) is 12.6. The third kappa shape index (κ3) is 4.00. The lowest BCUT2D eigenvalue weighted by molar-refractivity contribution is -0.272. The second-order valence-corrected chi connectivity index (χ2v) is 3.78. The van der Waals surface area contributed by atoms with E-state index in [0.29, 0.717) is 6.07 Å². The van der Waals surface area contributed by atoms with Gasteiger partial charge in [-0.25, -0.2) is 4.39 Å². The Morgan fingerprint density at radius 3 is 1.95 bits per heavy atom. The number of benzene rings is 1. The third-order valence-corrected chi connectivity index (χ3v) is 2.10. The van der Waals surface area contributed by atoms with E-state index in [1.807, 2.05) is 0 Å². The van der Waals surface area contributed by atoms with E-state index in [-0.39, 0.29) is 5.69 Å². The number of nitrogens with one attached hydrogen (secondary N) is 1. The average Bonchev–Trinajstić information content (AvgIpc) is 2.08. The maximum atomic E-state index is 12.9. The van der Waals surface area contributed by atoms with Crippen molar-refractivity contribution in [2.24, 2.45) is 5.92 Å². The number of nitrogen functional groups attached to an aromatic ring is 1. The molecule has 3 N–H and O–H groups in total. The molecule has 0 unspecified atom stereocenters. The summed E-state index contributed by atoms with van der Waals surface area (Å²) in [5.74, 6) is -7.59. The van der Waals surface area contributed by atoms with Crippen LogP contribution in [-0.4, -0.2) is 18.3 Å². The van der Waals surface area contributed by atoms with Crippen molar-refractivity contribution in [1.82, 2.24) is 0 Å². The number of nitrogens with two attached hydrogens (primary N) is 1. The monoisotopic (exact) mass is 304 g/mol. The molecule has 0 aliphatic rings. The van der Waals surface area contributed by atoms with Crippen LogP contribution >= 0.6 is 0 Å².